The number of anilines is 1. The highest BCUT2D eigenvalue weighted by Crippen LogP contribution is 2.14. The number of benzene rings is 2. The number of carbonyl (C=O) groups excluding carboxylic acids is 3. The van der Waals surface area contributed by atoms with Gasteiger partial charge in [-0.2, -0.15) is 5.10 Å². The first-order valence-electron chi connectivity index (χ1n) is 8.50. The van der Waals surface area contributed by atoms with E-state index in [1.165, 1.54) is 0 Å². The van der Waals surface area contributed by atoms with Crippen LogP contribution in [0.15, 0.2) is 47.6 Å². The molecule has 28 heavy (non-hydrogen) atoms. The van der Waals surface area contributed by atoms with Crippen LogP contribution in [-0.2, 0) is 14.4 Å². The summed E-state index contributed by atoms with van der Waals surface area (Å²) in [6, 6.07) is 12.2. The van der Waals surface area contributed by atoms with Gasteiger partial charge in [-0.05, 0) is 73.9 Å². The molecule has 0 aliphatic carbocycles. The Hall–Kier alpha value is -3.68. The van der Waals surface area contributed by atoms with E-state index in [0.29, 0.717) is 22.7 Å². The van der Waals surface area contributed by atoms with Crippen molar-refractivity contribution in [2.45, 2.75) is 20.8 Å². The number of nitrogens with two attached hydrogens (primary N) is 1. The Morgan fingerprint density at radius 2 is 1.61 bits per heavy atom. The van der Waals surface area contributed by atoms with E-state index < -0.39 is 17.7 Å². The van der Waals surface area contributed by atoms with E-state index in [9.17, 15) is 14.4 Å². The fourth-order valence-corrected chi connectivity index (χ4v) is 2.43. The molecule has 4 N–H and O–H groups in total. The average Bonchev–Trinajstić information content (AvgIpc) is 2.63. The average molecular weight is 382 g/mol. The number of amides is 3. The number of nitrogens with one attached hydrogen (secondary N) is 2. The molecule has 146 valence electrons. The minimum Gasteiger partial charge on any atom is -0.484 e. The second-order valence-electron chi connectivity index (χ2n) is 6.25. The van der Waals surface area contributed by atoms with E-state index in [2.05, 4.69) is 15.8 Å². The van der Waals surface area contributed by atoms with Gasteiger partial charge < -0.3 is 15.8 Å². The maximum absolute atomic E-state index is 12.0. The van der Waals surface area contributed by atoms with Crippen LogP contribution in [0.1, 0.15) is 23.6 Å². The first-order valence-corrected chi connectivity index (χ1v) is 8.50. The number of ether oxygens (including phenoxy) is 1. The van der Waals surface area contributed by atoms with Crippen molar-refractivity contribution in [3.63, 3.8) is 0 Å². The lowest BCUT2D eigenvalue weighted by molar-refractivity contribution is -0.136. The number of nitrogens with zero attached hydrogens (tertiary/aromatic N) is 1. The van der Waals surface area contributed by atoms with Crippen LogP contribution in [0.2, 0.25) is 0 Å². The maximum Gasteiger partial charge on any atom is 0.329 e. The molecular formula is C20H22N4O4. The zero-order valence-corrected chi connectivity index (χ0v) is 15.9. The largest absolute Gasteiger partial charge is 0.484 e. The lowest BCUT2D eigenvalue weighted by Gasteiger charge is -2.07. The Labute approximate surface area is 162 Å². The van der Waals surface area contributed by atoms with Crippen LogP contribution in [0.5, 0.6) is 5.75 Å². The number of hydrogen-bond donors (Lipinski definition) is 3. The van der Waals surface area contributed by atoms with Crippen LogP contribution in [0.25, 0.3) is 0 Å². The summed E-state index contributed by atoms with van der Waals surface area (Å²) in [7, 11) is 0. The third-order valence-electron chi connectivity index (χ3n) is 3.66. The summed E-state index contributed by atoms with van der Waals surface area (Å²) < 4.78 is 5.17. The number of carbonyl (C=O) groups is 3. The SMILES string of the molecule is CC(=NNC(=O)C(=O)Nc1cc(C)cc(C)c1)c1ccc(OCC(N)=O)cc1. The predicted octanol–water partition coefficient (Wildman–Crippen LogP) is 1.65. The lowest BCUT2D eigenvalue weighted by Crippen LogP contribution is -2.33. The fraction of sp³-hybridized carbons (Fsp3) is 0.200. The molecule has 2 rings (SSSR count). The molecule has 8 heteroatoms. The van der Waals surface area contributed by atoms with Gasteiger partial charge in [0, 0.05) is 5.69 Å². The molecular weight excluding hydrogens is 360 g/mol. The first kappa shape index (κ1) is 20.6. The molecule has 0 saturated heterocycles. The molecule has 0 aliphatic heterocycles. The van der Waals surface area contributed by atoms with E-state index in [1.807, 2.05) is 19.9 Å². The molecule has 0 aromatic heterocycles. The third-order valence-corrected chi connectivity index (χ3v) is 3.66. The highest BCUT2D eigenvalue weighted by molar-refractivity contribution is 6.39. The van der Waals surface area contributed by atoms with Gasteiger partial charge in [-0.25, -0.2) is 5.43 Å². The highest BCUT2D eigenvalue weighted by Gasteiger charge is 2.13. The van der Waals surface area contributed by atoms with Crippen LogP contribution in [0.3, 0.4) is 0 Å². The first-order chi connectivity index (χ1) is 13.2. The number of hydrazone groups is 1. The molecule has 2 aromatic rings. The van der Waals surface area contributed by atoms with Gasteiger partial charge in [-0.3, -0.25) is 14.4 Å². The molecule has 0 radical (unpaired) electrons. The minimum atomic E-state index is -0.875. The molecule has 8 nitrogen and oxygen atoms in total. The van der Waals surface area contributed by atoms with Crippen molar-refractivity contribution in [1.29, 1.82) is 0 Å². The molecule has 3 amide bonds. The smallest absolute Gasteiger partial charge is 0.329 e. The highest BCUT2D eigenvalue weighted by atomic mass is 16.5. The Bertz CT molecular complexity index is 900. The minimum absolute atomic E-state index is 0.210. The Balaban J connectivity index is 1.94. The van der Waals surface area contributed by atoms with Crippen molar-refractivity contribution in [3.8, 4) is 5.75 Å². The van der Waals surface area contributed by atoms with Gasteiger partial charge in [0.1, 0.15) is 5.75 Å². The van der Waals surface area contributed by atoms with Gasteiger partial charge in [-0.1, -0.05) is 6.07 Å². The van der Waals surface area contributed by atoms with Gasteiger partial charge in [0.25, 0.3) is 5.91 Å². The van der Waals surface area contributed by atoms with Gasteiger partial charge in [0.2, 0.25) is 0 Å². The van der Waals surface area contributed by atoms with E-state index in [-0.39, 0.29) is 6.61 Å². The van der Waals surface area contributed by atoms with Crippen LogP contribution in [0.4, 0.5) is 5.69 Å². The standard InChI is InChI=1S/C20H22N4O4/c1-12-8-13(2)10-16(9-12)22-19(26)20(27)24-23-14(3)15-4-6-17(7-5-15)28-11-18(21)25/h4-10H,11H2,1-3H3,(H2,21,25)(H,22,26)(H,24,27). The van der Waals surface area contributed by atoms with Gasteiger partial charge in [0.15, 0.2) is 6.61 Å². The Kier molecular flexibility index (Phi) is 6.86. The summed E-state index contributed by atoms with van der Waals surface area (Å²) in [6.45, 7) is 5.28. The topological polar surface area (TPSA) is 123 Å². The summed E-state index contributed by atoms with van der Waals surface area (Å²) in [4.78, 5) is 34.7. The van der Waals surface area contributed by atoms with E-state index >= 15 is 0 Å². The van der Waals surface area contributed by atoms with Crippen LogP contribution >= 0.6 is 0 Å². The normalized spacial score (nSPS) is 10.9. The summed E-state index contributed by atoms with van der Waals surface area (Å²) >= 11 is 0. The quantitative estimate of drug-likeness (QED) is 0.399. The molecule has 0 spiro atoms. The molecule has 0 bridgehead atoms. The fourth-order valence-electron chi connectivity index (χ4n) is 2.43. The van der Waals surface area contributed by atoms with E-state index in [0.717, 1.165) is 11.1 Å². The molecule has 0 saturated carbocycles. The molecule has 0 fully saturated rings. The zero-order chi connectivity index (χ0) is 20.7. The lowest BCUT2D eigenvalue weighted by atomic mass is 10.1. The summed E-state index contributed by atoms with van der Waals surface area (Å²) in [5, 5.41) is 6.48. The molecule has 0 aliphatic rings. The molecule has 0 atom stereocenters. The Morgan fingerprint density at radius 1 is 1.00 bits per heavy atom. The van der Waals surface area contributed by atoms with Crippen LogP contribution in [0, 0.1) is 13.8 Å². The second kappa shape index (κ2) is 9.31. The van der Waals surface area contributed by atoms with Crippen molar-refractivity contribution in [3.05, 3.63) is 59.2 Å². The monoisotopic (exact) mass is 382 g/mol. The second-order valence-corrected chi connectivity index (χ2v) is 6.25. The van der Waals surface area contributed by atoms with Crippen molar-refractivity contribution in [2.24, 2.45) is 10.8 Å². The van der Waals surface area contributed by atoms with Crippen LogP contribution in [-0.4, -0.2) is 30.0 Å². The van der Waals surface area contributed by atoms with Crippen molar-refractivity contribution in [2.75, 3.05) is 11.9 Å². The summed E-state index contributed by atoms with van der Waals surface area (Å²) in [5.74, 6) is -1.77. The molecule has 2 aromatic carbocycles. The van der Waals surface area contributed by atoms with E-state index in [4.69, 9.17) is 10.5 Å². The summed E-state index contributed by atoms with van der Waals surface area (Å²) in [6.07, 6.45) is 0. The van der Waals surface area contributed by atoms with Crippen LogP contribution < -0.4 is 21.2 Å². The number of rotatable bonds is 6. The van der Waals surface area contributed by atoms with Gasteiger partial charge in [0.05, 0.1) is 5.71 Å². The third kappa shape index (κ3) is 6.24. The zero-order valence-electron chi connectivity index (χ0n) is 15.9. The predicted molar refractivity (Wildman–Crippen MR) is 106 cm³/mol. The Morgan fingerprint density at radius 3 is 2.18 bits per heavy atom. The van der Waals surface area contributed by atoms with Crippen molar-refractivity contribution < 1.29 is 19.1 Å². The van der Waals surface area contributed by atoms with Crippen molar-refractivity contribution >= 4 is 29.1 Å². The molecule has 0 heterocycles. The van der Waals surface area contributed by atoms with E-state index in [1.54, 1.807) is 43.3 Å². The molecule has 0 unspecified atom stereocenters. The number of primary amides is 1. The maximum atomic E-state index is 12.0. The number of hydrogen-bond acceptors (Lipinski definition) is 5. The number of aryl methyl sites for hydroxylation is 2. The van der Waals surface area contributed by atoms with Gasteiger partial charge >= 0.3 is 11.8 Å². The van der Waals surface area contributed by atoms with Gasteiger partial charge in [-0.15, -0.1) is 0 Å². The summed E-state index contributed by atoms with van der Waals surface area (Å²) in [5.41, 5.74) is 11.0. The van der Waals surface area contributed by atoms with Crippen molar-refractivity contribution in [1.82, 2.24) is 5.43 Å².